The van der Waals surface area contributed by atoms with Crippen molar-refractivity contribution in [2.24, 2.45) is 5.73 Å². The number of anilines is 2. The van der Waals surface area contributed by atoms with E-state index < -0.39 is 6.03 Å². The Bertz CT molecular complexity index is 601. The van der Waals surface area contributed by atoms with E-state index in [4.69, 9.17) is 5.73 Å². The maximum Gasteiger partial charge on any atom is 0.316 e. The number of amides is 3. The quantitative estimate of drug-likeness (QED) is 0.177. The Hall–Kier alpha value is -2.04. The topological polar surface area (TPSA) is 84.2 Å². The zero-order valence-corrected chi connectivity index (χ0v) is 20.4. The van der Waals surface area contributed by atoms with E-state index in [9.17, 15) is 9.59 Å². The molecule has 0 atom stereocenters. The normalized spacial score (nSPS) is 10.8. The Balaban J connectivity index is 1.85. The van der Waals surface area contributed by atoms with Crippen LogP contribution in [0.3, 0.4) is 0 Å². The van der Waals surface area contributed by atoms with Crippen LogP contribution in [-0.2, 0) is 4.79 Å². The number of urea groups is 1. The highest BCUT2D eigenvalue weighted by molar-refractivity contribution is 5.91. The number of benzene rings is 1. The van der Waals surface area contributed by atoms with Crippen LogP contribution in [0.4, 0.5) is 16.2 Å². The van der Waals surface area contributed by atoms with Crippen molar-refractivity contribution in [1.29, 1.82) is 0 Å². The number of carbonyl (C=O) groups is 2. The first-order chi connectivity index (χ1) is 15.6. The van der Waals surface area contributed by atoms with E-state index in [-0.39, 0.29) is 5.91 Å². The van der Waals surface area contributed by atoms with Gasteiger partial charge in [0.05, 0.1) is 0 Å². The minimum atomic E-state index is -0.597. The molecule has 0 spiro atoms. The fraction of sp³-hybridized carbons (Fsp3) is 0.704. The number of primary amides is 1. The summed E-state index contributed by atoms with van der Waals surface area (Å²) < 4.78 is 0. The highest BCUT2D eigenvalue weighted by Crippen LogP contribution is 2.16. The maximum atomic E-state index is 12.0. The highest BCUT2D eigenvalue weighted by atomic mass is 16.2. The van der Waals surface area contributed by atoms with Crippen molar-refractivity contribution < 1.29 is 9.59 Å². The van der Waals surface area contributed by atoms with Gasteiger partial charge in [-0.1, -0.05) is 110 Å². The van der Waals surface area contributed by atoms with E-state index in [2.05, 4.69) is 17.6 Å². The fourth-order valence-corrected chi connectivity index (χ4v) is 4.01. The zero-order valence-electron chi connectivity index (χ0n) is 20.4. The summed E-state index contributed by atoms with van der Waals surface area (Å²) in [4.78, 5) is 22.8. The van der Waals surface area contributed by atoms with Crippen molar-refractivity contribution in [3.63, 3.8) is 0 Å². The average molecular weight is 446 g/mol. The predicted molar refractivity (Wildman–Crippen MR) is 137 cm³/mol. The van der Waals surface area contributed by atoms with Gasteiger partial charge in [0.2, 0.25) is 5.91 Å². The SMILES string of the molecule is CCCCCCCCCCCCCCCCCCCC(=O)Nc1ccc(NC(N)=O)cc1. The summed E-state index contributed by atoms with van der Waals surface area (Å²) in [6.07, 6.45) is 23.3. The summed E-state index contributed by atoms with van der Waals surface area (Å²) in [5, 5.41) is 5.39. The van der Waals surface area contributed by atoms with Gasteiger partial charge in [-0.05, 0) is 30.7 Å². The molecule has 4 N–H and O–H groups in total. The lowest BCUT2D eigenvalue weighted by molar-refractivity contribution is -0.116. The van der Waals surface area contributed by atoms with Crippen LogP contribution in [0, 0.1) is 0 Å². The van der Waals surface area contributed by atoms with Crippen molar-refractivity contribution in [2.45, 2.75) is 122 Å². The lowest BCUT2D eigenvalue weighted by Gasteiger charge is -2.07. The number of hydrogen-bond acceptors (Lipinski definition) is 2. The molecular weight excluding hydrogens is 398 g/mol. The van der Waals surface area contributed by atoms with E-state index in [0.29, 0.717) is 12.1 Å². The van der Waals surface area contributed by atoms with Crippen LogP contribution < -0.4 is 16.4 Å². The maximum absolute atomic E-state index is 12.0. The lowest BCUT2D eigenvalue weighted by atomic mass is 10.0. The smallest absolute Gasteiger partial charge is 0.316 e. The van der Waals surface area contributed by atoms with E-state index >= 15 is 0 Å². The Labute approximate surface area is 196 Å². The molecule has 0 saturated carbocycles. The Kier molecular flexibility index (Phi) is 17.2. The van der Waals surface area contributed by atoms with Gasteiger partial charge in [-0.15, -0.1) is 0 Å². The zero-order chi connectivity index (χ0) is 23.3. The van der Waals surface area contributed by atoms with Gasteiger partial charge in [0.25, 0.3) is 0 Å². The minimum absolute atomic E-state index is 0.0431. The van der Waals surface area contributed by atoms with Crippen LogP contribution in [0.2, 0.25) is 0 Å². The van der Waals surface area contributed by atoms with Crippen LogP contribution >= 0.6 is 0 Å². The molecule has 1 rings (SSSR count). The molecule has 0 aliphatic rings. The Morgan fingerprint density at radius 2 is 0.938 bits per heavy atom. The summed E-state index contributed by atoms with van der Waals surface area (Å²) in [7, 11) is 0. The highest BCUT2D eigenvalue weighted by Gasteiger charge is 2.03. The van der Waals surface area contributed by atoms with E-state index in [1.807, 2.05) is 0 Å². The molecule has 0 aliphatic carbocycles. The lowest BCUT2D eigenvalue weighted by Crippen LogP contribution is -2.19. The monoisotopic (exact) mass is 445 g/mol. The average Bonchev–Trinajstić information content (AvgIpc) is 2.77. The van der Waals surface area contributed by atoms with E-state index in [1.54, 1.807) is 24.3 Å². The van der Waals surface area contributed by atoms with Gasteiger partial charge in [0, 0.05) is 17.8 Å². The van der Waals surface area contributed by atoms with Crippen LogP contribution in [-0.4, -0.2) is 11.9 Å². The van der Waals surface area contributed by atoms with Crippen molar-refractivity contribution in [3.8, 4) is 0 Å². The minimum Gasteiger partial charge on any atom is -0.351 e. The molecule has 0 aliphatic heterocycles. The van der Waals surface area contributed by atoms with Crippen molar-refractivity contribution in [1.82, 2.24) is 0 Å². The predicted octanol–water partition coefficient (Wildman–Crippen LogP) is 8.16. The molecular formula is C27H47N3O2. The van der Waals surface area contributed by atoms with Crippen LogP contribution in [0.5, 0.6) is 0 Å². The molecule has 5 nitrogen and oxygen atoms in total. The van der Waals surface area contributed by atoms with E-state index in [1.165, 1.54) is 96.3 Å². The van der Waals surface area contributed by atoms with Crippen molar-refractivity contribution in [3.05, 3.63) is 24.3 Å². The molecule has 182 valence electrons. The van der Waals surface area contributed by atoms with Gasteiger partial charge in [-0.3, -0.25) is 4.79 Å². The third-order valence-electron chi connectivity index (χ3n) is 5.94. The second-order valence-corrected chi connectivity index (χ2v) is 9.02. The second-order valence-electron chi connectivity index (χ2n) is 9.02. The third kappa shape index (κ3) is 16.6. The Morgan fingerprint density at radius 3 is 1.31 bits per heavy atom. The molecule has 3 amide bonds. The molecule has 0 aromatic heterocycles. The number of nitrogens with one attached hydrogen (secondary N) is 2. The molecule has 0 fully saturated rings. The molecule has 0 heterocycles. The van der Waals surface area contributed by atoms with Crippen LogP contribution in [0.1, 0.15) is 122 Å². The van der Waals surface area contributed by atoms with Gasteiger partial charge in [0.1, 0.15) is 0 Å². The summed E-state index contributed by atoms with van der Waals surface area (Å²) in [6, 6.07) is 6.36. The van der Waals surface area contributed by atoms with E-state index in [0.717, 1.165) is 18.5 Å². The Morgan fingerprint density at radius 1 is 0.594 bits per heavy atom. The second kappa shape index (κ2) is 19.6. The first-order valence-electron chi connectivity index (χ1n) is 13.1. The fourth-order valence-electron chi connectivity index (χ4n) is 4.01. The molecule has 5 heteroatoms. The van der Waals surface area contributed by atoms with Gasteiger partial charge >= 0.3 is 6.03 Å². The molecule has 1 aromatic rings. The summed E-state index contributed by atoms with van der Waals surface area (Å²) in [5.74, 6) is 0.0431. The molecule has 0 saturated heterocycles. The first kappa shape index (κ1) is 28.0. The first-order valence-corrected chi connectivity index (χ1v) is 13.1. The van der Waals surface area contributed by atoms with Crippen molar-refractivity contribution >= 4 is 23.3 Å². The van der Waals surface area contributed by atoms with Crippen LogP contribution in [0.15, 0.2) is 24.3 Å². The van der Waals surface area contributed by atoms with Gasteiger partial charge in [0.15, 0.2) is 0 Å². The van der Waals surface area contributed by atoms with Gasteiger partial charge in [-0.25, -0.2) is 4.79 Å². The summed E-state index contributed by atoms with van der Waals surface area (Å²) >= 11 is 0. The number of unbranched alkanes of at least 4 members (excludes halogenated alkanes) is 16. The van der Waals surface area contributed by atoms with Crippen LogP contribution in [0.25, 0.3) is 0 Å². The summed E-state index contributed by atoms with van der Waals surface area (Å²) in [6.45, 7) is 2.28. The van der Waals surface area contributed by atoms with Crippen molar-refractivity contribution in [2.75, 3.05) is 10.6 Å². The van der Waals surface area contributed by atoms with Gasteiger partial charge < -0.3 is 16.4 Å². The largest absolute Gasteiger partial charge is 0.351 e. The molecule has 32 heavy (non-hydrogen) atoms. The molecule has 1 aromatic carbocycles. The molecule has 0 unspecified atom stereocenters. The standard InChI is InChI=1S/C27H47N3O2/c1-2-3-4-5-6-7-8-9-10-11-12-13-14-15-16-17-18-19-26(31)29-24-20-22-25(23-21-24)30-27(28)32/h20-23H,2-19H2,1H3,(H,29,31)(H3,28,30,32). The number of carbonyl (C=O) groups excluding carboxylic acids is 2. The summed E-state index contributed by atoms with van der Waals surface area (Å²) in [5.41, 5.74) is 6.43. The van der Waals surface area contributed by atoms with Gasteiger partial charge in [-0.2, -0.15) is 0 Å². The number of nitrogens with two attached hydrogens (primary N) is 1. The number of rotatable bonds is 20. The molecule has 0 bridgehead atoms. The molecule has 0 radical (unpaired) electrons. The third-order valence-corrected chi connectivity index (χ3v) is 5.94. The number of hydrogen-bond donors (Lipinski definition) is 3.